The number of thiophene rings is 1. The molecule has 3 rings (SSSR count). The van der Waals surface area contributed by atoms with Crippen LogP contribution in [0.4, 0.5) is 0 Å². The summed E-state index contributed by atoms with van der Waals surface area (Å²) < 4.78 is 12.7. The molecule has 0 bridgehead atoms. The number of carbonyl (C=O) groups is 2. The van der Waals surface area contributed by atoms with Crippen molar-refractivity contribution in [1.29, 1.82) is 0 Å². The van der Waals surface area contributed by atoms with Crippen LogP contribution in [0.2, 0.25) is 0 Å². The van der Waals surface area contributed by atoms with E-state index in [2.05, 4.69) is 4.99 Å². The summed E-state index contributed by atoms with van der Waals surface area (Å²) in [5, 5.41) is 1.95. The molecule has 3 aromatic rings. The topological polar surface area (TPSA) is 69.9 Å². The zero-order valence-electron chi connectivity index (χ0n) is 14.9. The Labute approximate surface area is 164 Å². The highest BCUT2D eigenvalue weighted by atomic mass is 32.1. The van der Waals surface area contributed by atoms with E-state index in [-0.39, 0.29) is 5.91 Å². The van der Waals surface area contributed by atoms with E-state index in [1.54, 1.807) is 36.7 Å². The fourth-order valence-corrected chi connectivity index (χ4v) is 4.19. The highest BCUT2D eigenvalue weighted by Crippen LogP contribution is 2.20. The lowest BCUT2D eigenvalue weighted by atomic mass is 10.2. The Kier molecular flexibility index (Phi) is 6.33. The zero-order valence-corrected chi connectivity index (χ0v) is 16.5. The van der Waals surface area contributed by atoms with Crippen LogP contribution in [-0.2, 0) is 20.8 Å². The van der Waals surface area contributed by atoms with Crippen LogP contribution in [0, 0.1) is 0 Å². The molecule has 0 saturated heterocycles. The number of carbonyl (C=O) groups excluding carboxylic acids is 2. The van der Waals surface area contributed by atoms with Gasteiger partial charge in [0, 0.05) is 24.6 Å². The fraction of sp³-hybridized carbons (Fsp3) is 0.211. The molecule has 27 heavy (non-hydrogen) atoms. The summed E-state index contributed by atoms with van der Waals surface area (Å²) in [6.45, 7) is 1.03. The molecule has 0 atom stereocenters. The third-order valence-corrected chi connectivity index (χ3v) is 5.64. The molecule has 2 heterocycles. The minimum Gasteiger partial charge on any atom is -0.465 e. The van der Waals surface area contributed by atoms with Crippen molar-refractivity contribution in [2.24, 2.45) is 4.99 Å². The van der Waals surface area contributed by atoms with E-state index < -0.39 is 5.97 Å². The standard InChI is InChI=1S/C19H18N2O4S2/c1-24-10-9-21-15-7-5-13(18(23)25-2)12-16(15)27-19(21)20-17(22)8-6-14-4-3-11-26-14/h3-8,11-12H,9-10H2,1-2H3. The number of hydrogen-bond acceptors (Lipinski definition) is 6. The molecule has 0 aliphatic rings. The third-order valence-electron chi connectivity index (χ3n) is 3.76. The molecule has 0 spiro atoms. The first-order valence-corrected chi connectivity index (χ1v) is 9.83. The van der Waals surface area contributed by atoms with Crippen LogP contribution in [0.1, 0.15) is 15.2 Å². The molecule has 0 N–H and O–H groups in total. The summed E-state index contributed by atoms with van der Waals surface area (Å²) in [5.74, 6) is -0.739. The number of benzene rings is 1. The molecule has 0 unspecified atom stereocenters. The Bertz CT molecular complexity index is 1050. The predicted octanol–water partition coefficient (Wildman–Crippen LogP) is 3.34. The molecule has 0 aliphatic heterocycles. The largest absolute Gasteiger partial charge is 0.465 e. The first-order chi connectivity index (χ1) is 13.1. The average molecular weight is 402 g/mol. The zero-order chi connectivity index (χ0) is 19.2. The van der Waals surface area contributed by atoms with Crippen LogP contribution in [0.5, 0.6) is 0 Å². The Morgan fingerprint density at radius 1 is 1.26 bits per heavy atom. The molecule has 8 heteroatoms. The summed E-state index contributed by atoms with van der Waals surface area (Å²) >= 11 is 2.90. The molecule has 1 amide bonds. The number of methoxy groups -OCH3 is 2. The Morgan fingerprint density at radius 2 is 2.11 bits per heavy atom. The number of fused-ring (bicyclic) bond motifs is 1. The number of hydrogen-bond donors (Lipinski definition) is 0. The van der Waals surface area contributed by atoms with Crippen molar-refractivity contribution in [2.75, 3.05) is 20.8 Å². The van der Waals surface area contributed by atoms with Crippen molar-refractivity contribution in [2.45, 2.75) is 6.54 Å². The van der Waals surface area contributed by atoms with Gasteiger partial charge in [0.1, 0.15) is 0 Å². The molecule has 2 aromatic heterocycles. The molecule has 1 aromatic carbocycles. The number of thiazole rings is 1. The van der Waals surface area contributed by atoms with E-state index in [0.29, 0.717) is 23.5 Å². The van der Waals surface area contributed by atoms with Crippen LogP contribution in [0.3, 0.4) is 0 Å². The number of amides is 1. The van der Waals surface area contributed by atoms with Gasteiger partial charge >= 0.3 is 5.97 Å². The summed E-state index contributed by atoms with van der Waals surface area (Å²) in [4.78, 5) is 29.8. The minimum absolute atomic E-state index is 0.339. The molecular formula is C19H18N2O4S2. The van der Waals surface area contributed by atoms with Crippen LogP contribution >= 0.6 is 22.7 Å². The van der Waals surface area contributed by atoms with Gasteiger partial charge in [-0.25, -0.2) is 4.79 Å². The molecular weight excluding hydrogens is 384 g/mol. The van der Waals surface area contributed by atoms with E-state index in [4.69, 9.17) is 9.47 Å². The quantitative estimate of drug-likeness (QED) is 0.468. The summed E-state index contributed by atoms with van der Waals surface area (Å²) in [7, 11) is 2.97. The number of esters is 1. The lowest BCUT2D eigenvalue weighted by Gasteiger charge is -2.04. The van der Waals surface area contributed by atoms with E-state index in [1.165, 1.54) is 24.5 Å². The van der Waals surface area contributed by atoms with Crippen LogP contribution in [0.25, 0.3) is 16.3 Å². The number of aromatic nitrogens is 1. The molecule has 140 valence electrons. The normalized spacial score (nSPS) is 12.1. The molecule has 0 aliphatic carbocycles. The van der Waals surface area contributed by atoms with Crippen LogP contribution in [0.15, 0.2) is 46.8 Å². The predicted molar refractivity (Wildman–Crippen MR) is 107 cm³/mol. The van der Waals surface area contributed by atoms with Gasteiger partial charge in [0.05, 0.1) is 29.5 Å². The highest BCUT2D eigenvalue weighted by Gasteiger charge is 2.11. The molecule has 0 radical (unpaired) electrons. The first kappa shape index (κ1) is 19.2. The van der Waals surface area contributed by atoms with E-state index >= 15 is 0 Å². The van der Waals surface area contributed by atoms with Crippen LogP contribution in [-0.4, -0.2) is 37.3 Å². The van der Waals surface area contributed by atoms with E-state index in [0.717, 1.165) is 15.1 Å². The highest BCUT2D eigenvalue weighted by molar-refractivity contribution is 7.16. The van der Waals surface area contributed by atoms with Gasteiger partial charge in [-0.05, 0) is 35.7 Å². The Morgan fingerprint density at radius 3 is 2.81 bits per heavy atom. The van der Waals surface area contributed by atoms with Gasteiger partial charge in [-0.15, -0.1) is 11.3 Å². The number of rotatable bonds is 6. The molecule has 0 saturated carbocycles. The second kappa shape index (κ2) is 8.90. The molecule has 6 nitrogen and oxygen atoms in total. The summed E-state index contributed by atoms with van der Waals surface area (Å²) in [6.07, 6.45) is 3.20. The Balaban J connectivity index is 2.01. The lowest BCUT2D eigenvalue weighted by Crippen LogP contribution is -2.18. The average Bonchev–Trinajstić information content (AvgIpc) is 3.31. The monoisotopic (exact) mass is 402 g/mol. The lowest BCUT2D eigenvalue weighted by molar-refractivity contribution is -0.113. The number of nitrogens with zero attached hydrogens (tertiary/aromatic N) is 2. The smallest absolute Gasteiger partial charge is 0.337 e. The SMILES string of the molecule is COCCn1c(=NC(=O)C=Cc2cccs2)sc2cc(C(=O)OC)ccc21. The third kappa shape index (κ3) is 4.60. The second-order valence-electron chi connectivity index (χ2n) is 5.50. The van der Waals surface area contributed by atoms with Gasteiger partial charge in [-0.1, -0.05) is 17.4 Å². The van der Waals surface area contributed by atoms with Gasteiger partial charge in [-0.3, -0.25) is 4.79 Å². The van der Waals surface area contributed by atoms with Gasteiger partial charge < -0.3 is 14.0 Å². The fourth-order valence-electron chi connectivity index (χ4n) is 2.47. The maximum atomic E-state index is 12.3. The Hall–Kier alpha value is -2.55. The van der Waals surface area contributed by atoms with E-state index in [1.807, 2.05) is 28.1 Å². The van der Waals surface area contributed by atoms with E-state index in [9.17, 15) is 9.59 Å². The first-order valence-electron chi connectivity index (χ1n) is 8.13. The van der Waals surface area contributed by atoms with Gasteiger partial charge in [0.2, 0.25) is 0 Å². The van der Waals surface area contributed by atoms with Crippen molar-refractivity contribution < 1.29 is 19.1 Å². The van der Waals surface area contributed by atoms with Crippen molar-refractivity contribution in [3.05, 3.63) is 57.0 Å². The van der Waals surface area contributed by atoms with Crippen molar-refractivity contribution >= 4 is 50.8 Å². The van der Waals surface area contributed by atoms with Crippen molar-refractivity contribution in [3.8, 4) is 0 Å². The van der Waals surface area contributed by atoms with Crippen LogP contribution < -0.4 is 4.80 Å². The van der Waals surface area contributed by atoms with Gasteiger partial charge in [-0.2, -0.15) is 4.99 Å². The second-order valence-corrected chi connectivity index (χ2v) is 7.49. The maximum absolute atomic E-state index is 12.3. The molecule has 0 fully saturated rings. The number of ether oxygens (including phenoxy) is 2. The minimum atomic E-state index is -0.401. The van der Waals surface area contributed by atoms with Gasteiger partial charge in [0.15, 0.2) is 4.80 Å². The van der Waals surface area contributed by atoms with Crippen molar-refractivity contribution in [1.82, 2.24) is 4.57 Å². The summed E-state index contributed by atoms with van der Waals surface area (Å²) in [6, 6.07) is 9.14. The summed E-state index contributed by atoms with van der Waals surface area (Å²) in [5.41, 5.74) is 1.35. The van der Waals surface area contributed by atoms with Gasteiger partial charge in [0.25, 0.3) is 5.91 Å². The van der Waals surface area contributed by atoms with Crippen molar-refractivity contribution in [3.63, 3.8) is 0 Å². The maximum Gasteiger partial charge on any atom is 0.337 e.